The summed E-state index contributed by atoms with van der Waals surface area (Å²) in [6.07, 6.45) is 0.199. The normalized spacial score (nSPS) is 11.0. The van der Waals surface area contributed by atoms with Crippen LogP contribution < -0.4 is 5.32 Å². The first-order chi connectivity index (χ1) is 9.13. The number of carboxylic acid groups (broad SMARTS) is 1. The summed E-state index contributed by atoms with van der Waals surface area (Å²) in [6, 6.07) is 8.00. The van der Waals surface area contributed by atoms with Crippen molar-refractivity contribution in [2.45, 2.75) is 12.5 Å². The van der Waals surface area contributed by atoms with E-state index in [1.165, 1.54) is 7.11 Å². The first kappa shape index (κ1) is 14.7. The number of hydrogen-bond donors (Lipinski definition) is 2. The summed E-state index contributed by atoms with van der Waals surface area (Å²) in [5, 5.41) is 11.2. The van der Waals surface area contributed by atoms with Crippen molar-refractivity contribution < 1.29 is 19.4 Å². The SMILES string of the molecule is COCCC(NC(=O)C#Cc1ccccc1)C(=O)O. The number of nitrogens with one attached hydrogen (secondary N) is 1. The molecule has 0 saturated carbocycles. The largest absolute Gasteiger partial charge is 0.480 e. The van der Waals surface area contributed by atoms with Crippen LogP contribution in [0.3, 0.4) is 0 Å². The molecule has 19 heavy (non-hydrogen) atoms. The molecule has 0 radical (unpaired) electrons. The average molecular weight is 261 g/mol. The van der Waals surface area contributed by atoms with Gasteiger partial charge >= 0.3 is 5.97 Å². The Balaban J connectivity index is 2.58. The van der Waals surface area contributed by atoms with E-state index in [1.54, 1.807) is 24.3 Å². The Labute approximate surface area is 111 Å². The minimum absolute atomic E-state index is 0.199. The molecule has 5 heteroatoms. The van der Waals surface area contributed by atoms with E-state index in [9.17, 15) is 9.59 Å². The second-order valence-corrected chi connectivity index (χ2v) is 3.76. The van der Waals surface area contributed by atoms with Gasteiger partial charge in [0, 0.05) is 31.6 Å². The van der Waals surface area contributed by atoms with Crippen LogP contribution in [0, 0.1) is 11.8 Å². The van der Waals surface area contributed by atoms with Gasteiger partial charge in [0.2, 0.25) is 0 Å². The summed E-state index contributed by atoms with van der Waals surface area (Å²) >= 11 is 0. The molecular formula is C14H15NO4. The van der Waals surface area contributed by atoms with Crippen molar-refractivity contribution in [2.24, 2.45) is 0 Å². The lowest BCUT2D eigenvalue weighted by Crippen LogP contribution is -2.40. The maximum atomic E-state index is 11.5. The van der Waals surface area contributed by atoms with Gasteiger partial charge in [-0.05, 0) is 12.1 Å². The molecule has 5 nitrogen and oxygen atoms in total. The quantitative estimate of drug-likeness (QED) is 0.763. The molecule has 100 valence electrons. The molecule has 1 amide bonds. The first-order valence-electron chi connectivity index (χ1n) is 5.73. The third kappa shape index (κ3) is 5.70. The Kier molecular flexibility index (Phi) is 6.13. The maximum Gasteiger partial charge on any atom is 0.326 e. The highest BCUT2D eigenvalue weighted by atomic mass is 16.5. The van der Waals surface area contributed by atoms with Crippen molar-refractivity contribution in [3.63, 3.8) is 0 Å². The fourth-order valence-electron chi connectivity index (χ4n) is 1.34. The number of rotatable bonds is 5. The van der Waals surface area contributed by atoms with Crippen molar-refractivity contribution >= 4 is 11.9 Å². The van der Waals surface area contributed by atoms with Crippen LogP contribution >= 0.6 is 0 Å². The third-order valence-corrected chi connectivity index (χ3v) is 2.31. The van der Waals surface area contributed by atoms with E-state index in [4.69, 9.17) is 9.84 Å². The first-order valence-corrected chi connectivity index (χ1v) is 5.73. The summed E-state index contributed by atoms with van der Waals surface area (Å²) in [5.41, 5.74) is 0.696. The fourth-order valence-corrected chi connectivity index (χ4v) is 1.34. The zero-order valence-corrected chi connectivity index (χ0v) is 10.6. The van der Waals surface area contributed by atoms with Crippen molar-refractivity contribution in [1.82, 2.24) is 5.32 Å². The smallest absolute Gasteiger partial charge is 0.326 e. The lowest BCUT2D eigenvalue weighted by atomic mass is 10.2. The predicted molar refractivity (Wildman–Crippen MR) is 69.4 cm³/mol. The number of amides is 1. The molecule has 1 unspecified atom stereocenters. The average Bonchev–Trinajstić information content (AvgIpc) is 2.42. The topological polar surface area (TPSA) is 75.6 Å². The lowest BCUT2D eigenvalue weighted by Gasteiger charge is -2.11. The van der Waals surface area contributed by atoms with E-state index in [1.807, 2.05) is 6.07 Å². The van der Waals surface area contributed by atoms with Crippen LogP contribution in [0.1, 0.15) is 12.0 Å². The van der Waals surface area contributed by atoms with Crippen molar-refractivity contribution in [2.75, 3.05) is 13.7 Å². The van der Waals surface area contributed by atoms with Crippen LogP contribution in [0.2, 0.25) is 0 Å². The second-order valence-electron chi connectivity index (χ2n) is 3.76. The number of ether oxygens (including phenoxy) is 1. The lowest BCUT2D eigenvalue weighted by molar-refractivity contribution is -0.141. The Morgan fingerprint density at radius 2 is 2.05 bits per heavy atom. The number of aliphatic carboxylic acids is 1. The molecule has 0 bridgehead atoms. The Hall–Kier alpha value is -2.32. The standard InChI is InChI=1S/C14H15NO4/c1-19-10-9-12(14(17)18)15-13(16)8-7-11-5-3-2-4-6-11/h2-6,12H,9-10H2,1H3,(H,15,16)(H,17,18). The van der Waals surface area contributed by atoms with Gasteiger partial charge in [0.1, 0.15) is 6.04 Å². The van der Waals surface area contributed by atoms with E-state index < -0.39 is 17.9 Å². The fraction of sp³-hybridized carbons (Fsp3) is 0.286. The van der Waals surface area contributed by atoms with Crippen LogP contribution in [0.25, 0.3) is 0 Å². The van der Waals surface area contributed by atoms with Crippen LogP contribution in [-0.4, -0.2) is 36.7 Å². The molecule has 0 saturated heterocycles. The summed E-state index contributed by atoms with van der Waals surface area (Å²) < 4.78 is 4.78. The maximum absolute atomic E-state index is 11.5. The summed E-state index contributed by atoms with van der Waals surface area (Å²) in [7, 11) is 1.47. The van der Waals surface area contributed by atoms with Crippen LogP contribution in [0.15, 0.2) is 30.3 Å². The van der Waals surface area contributed by atoms with Crippen LogP contribution in [0.5, 0.6) is 0 Å². The van der Waals surface area contributed by atoms with Gasteiger partial charge in [-0.3, -0.25) is 4.79 Å². The number of benzene rings is 1. The van der Waals surface area contributed by atoms with E-state index in [0.29, 0.717) is 5.56 Å². The molecule has 0 aliphatic rings. The van der Waals surface area contributed by atoms with E-state index in [2.05, 4.69) is 17.2 Å². The molecule has 0 heterocycles. The number of carbonyl (C=O) groups excluding carboxylic acids is 1. The third-order valence-electron chi connectivity index (χ3n) is 2.31. The zero-order valence-electron chi connectivity index (χ0n) is 10.6. The summed E-state index contributed by atoms with van der Waals surface area (Å²) in [6.45, 7) is 0.253. The van der Waals surface area contributed by atoms with E-state index >= 15 is 0 Å². The van der Waals surface area contributed by atoms with Gasteiger partial charge in [0.05, 0.1) is 0 Å². The summed E-state index contributed by atoms with van der Waals surface area (Å²) in [4.78, 5) is 22.4. The molecule has 1 aromatic carbocycles. The Morgan fingerprint density at radius 1 is 1.37 bits per heavy atom. The second kappa shape index (κ2) is 7.90. The molecule has 0 fully saturated rings. The minimum atomic E-state index is -1.10. The van der Waals surface area contributed by atoms with Crippen molar-refractivity contribution in [3.8, 4) is 11.8 Å². The van der Waals surface area contributed by atoms with Gasteiger partial charge in [-0.1, -0.05) is 24.1 Å². The zero-order chi connectivity index (χ0) is 14.1. The molecule has 0 aliphatic carbocycles. The number of hydrogen-bond acceptors (Lipinski definition) is 3. The number of methoxy groups -OCH3 is 1. The molecule has 1 aromatic rings. The number of carboxylic acids is 1. The molecule has 0 aromatic heterocycles. The van der Waals surface area contributed by atoms with Gasteiger partial charge in [-0.25, -0.2) is 4.79 Å². The molecular weight excluding hydrogens is 246 g/mol. The monoisotopic (exact) mass is 261 g/mol. The highest BCUT2D eigenvalue weighted by Crippen LogP contribution is 1.95. The molecule has 1 rings (SSSR count). The van der Waals surface area contributed by atoms with E-state index in [-0.39, 0.29) is 13.0 Å². The molecule has 1 atom stereocenters. The van der Waals surface area contributed by atoms with Gasteiger partial charge in [-0.2, -0.15) is 0 Å². The van der Waals surface area contributed by atoms with Crippen molar-refractivity contribution in [3.05, 3.63) is 35.9 Å². The highest BCUT2D eigenvalue weighted by molar-refractivity contribution is 5.96. The molecule has 2 N–H and O–H groups in total. The van der Waals surface area contributed by atoms with Crippen LogP contribution in [0.4, 0.5) is 0 Å². The van der Waals surface area contributed by atoms with Gasteiger partial charge in [0.25, 0.3) is 5.91 Å². The number of carbonyl (C=O) groups is 2. The van der Waals surface area contributed by atoms with Gasteiger partial charge < -0.3 is 15.2 Å². The minimum Gasteiger partial charge on any atom is -0.480 e. The Bertz CT molecular complexity index is 487. The predicted octanol–water partition coefficient (Wildman–Crippen LogP) is 0.644. The molecule has 0 spiro atoms. The molecule has 0 aliphatic heterocycles. The highest BCUT2D eigenvalue weighted by Gasteiger charge is 2.18. The van der Waals surface area contributed by atoms with Gasteiger partial charge in [0.15, 0.2) is 0 Å². The van der Waals surface area contributed by atoms with Crippen molar-refractivity contribution in [1.29, 1.82) is 0 Å². The Morgan fingerprint density at radius 3 is 2.63 bits per heavy atom. The van der Waals surface area contributed by atoms with E-state index in [0.717, 1.165) is 0 Å². The van der Waals surface area contributed by atoms with Gasteiger partial charge in [-0.15, -0.1) is 0 Å². The van der Waals surface area contributed by atoms with Crippen LogP contribution in [-0.2, 0) is 14.3 Å². The summed E-state index contributed by atoms with van der Waals surface area (Å²) in [5.74, 6) is 3.29.